The number of hydrogen-bond acceptors (Lipinski definition) is 6. The van der Waals surface area contributed by atoms with Gasteiger partial charge in [0.25, 0.3) is 0 Å². The molecule has 0 radical (unpaired) electrons. The third-order valence-electron chi connectivity index (χ3n) is 7.22. The Morgan fingerprint density at radius 1 is 0.976 bits per heavy atom. The summed E-state index contributed by atoms with van der Waals surface area (Å²) in [6.07, 6.45) is 0.418. The molecule has 2 aromatic rings. The van der Waals surface area contributed by atoms with Crippen molar-refractivity contribution in [1.29, 1.82) is 0 Å². The molecule has 0 aromatic heterocycles. The van der Waals surface area contributed by atoms with Crippen molar-refractivity contribution >= 4 is 22.2 Å². The molecule has 0 N–H and O–H groups in total. The van der Waals surface area contributed by atoms with E-state index in [1.165, 1.54) is 39.5 Å². The number of amides is 2. The minimum Gasteiger partial charge on any atom is -0.448 e. The minimum atomic E-state index is -4.17. The molecule has 0 bridgehead atoms. The first-order chi connectivity index (χ1) is 19.3. The summed E-state index contributed by atoms with van der Waals surface area (Å²) in [5.41, 5.74) is -0.154. The van der Waals surface area contributed by atoms with Crippen LogP contribution in [0, 0.1) is 11.6 Å². The summed E-state index contributed by atoms with van der Waals surface area (Å²) in [5, 5.41) is 0. The molecule has 41 heavy (non-hydrogen) atoms. The highest BCUT2D eigenvalue weighted by molar-refractivity contribution is 7.89. The lowest BCUT2D eigenvalue weighted by molar-refractivity contribution is 0.00101. The maximum Gasteiger partial charge on any atom is 0.410 e. The van der Waals surface area contributed by atoms with Crippen LogP contribution in [0.3, 0.4) is 0 Å². The van der Waals surface area contributed by atoms with Crippen LogP contribution in [-0.2, 0) is 19.5 Å². The zero-order valence-electron chi connectivity index (χ0n) is 23.8. The summed E-state index contributed by atoms with van der Waals surface area (Å²) in [4.78, 5) is 28.5. The van der Waals surface area contributed by atoms with Gasteiger partial charge < -0.3 is 19.3 Å². The molecule has 12 heteroatoms. The van der Waals surface area contributed by atoms with E-state index < -0.39 is 51.5 Å². The Morgan fingerprint density at radius 2 is 1.68 bits per heavy atom. The average molecular weight is 594 g/mol. The molecule has 0 unspecified atom stereocenters. The highest BCUT2D eigenvalue weighted by atomic mass is 32.2. The maximum absolute atomic E-state index is 14.1. The predicted octanol–water partition coefficient (Wildman–Crippen LogP) is 5.33. The highest BCUT2D eigenvalue weighted by Gasteiger charge is 2.42. The molecular formula is C29H37F2N3O6S. The van der Waals surface area contributed by atoms with Crippen LogP contribution in [0.2, 0.25) is 0 Å². The van der Waals surface area contributed by atoms with Crippen LogP contribution < -0.4 is 0 Å². The van der Waals surface area contributed by atoms with E-state index in [4.69, 9.17) is 9.47 Å². The van der Waals surface area contributed by atoms with Crippen molar-refractivity contribution in [1.82, 2.24) is 14.1 Å². The predicted molar refractivity (Wildman–Crippen MR) is 148 cm³/mol. The van der Waals surface area contributed by atoms with Crippen molar-refractivity contribution in [2.45, 2.75) is 75.6 Å². The van der Waals surface area contributed by atoms with E-state index in [9.17, 15) is 26.8 Å². The number of rotatable bonds is 5. The molecule has 9 nitrogen and oxygen atoms in total. The van der Waals surface area contributed by atoms with E-state index in [0.717, 1.165) is 12.1 Å². The fraction of sp³-hybridized carbons (Fsp3) is 0.517. The summed E-state index contributed by atoms with van der Waals surface area (Å²) < 4.78 is 67.9. The number of piperazine rings is 1. The van der Waals surface area contributed by atoms with Gasteiger partial charge in [0.15, 0.2) is 0 Å². The van der Waals surface area contributed by atoms with Crippen molar-refractivity contribution in [2.24, 2.45) is 0 Å². The van der Waals surface area contributed by atoms with Gasteiger partial charge in [-0.25, -0.2) is 26.8 Å². The van der Waals surface area contributed by atoms with Gasteiger partial charge in [0.2, 0.25) is 10.0 Å². The van der Waals surface area contributed by atoms with E-state index in [1.807, 2.05) is 0 Å². The van der Waals surface area contributed by atoms with Crippen molar-refractivity contribution in [2.75, 3.05) is 26.2 Å². The number of hydrogen-bond donors (Lipinski definition) is 0. The Kier molecular flexibility index (Phi) is 9.22. The number of carbonyl (C=O) groups excluding carboxylic acids is 2. The molecule has 2 amide bonds. The molecule has 2 aliphatic heterocycles. The van der Waals surface area contributed by atoms with Crippen LogP contribution in [0.5, 0.6) is 0 Å². The van der Waals surface area contributed by atoms with Crippen molar-refractivity contribution in [3.63, 3.8) is 0 Å². The number of piperidine rings is 1. The first kappa shape index (κ1) is 30.7. The standard InChI is InChI=1S/C29H37F2N3O6S/c1-20-18-32(27(35)40-29(2,3)4)15-16-33(20)28(36)39-19-24-9-6-10-26(21-7-5-8-23(31)17-21)34(24)41(37,38)25-13-11-22(30)12-14-25/h5,7-8,11-14,17,20,24,26H,6,9-10,15-16,18-19H2,1-4H3/t20-,24+,26-/m0/s1. The SMILES string of the molecule is C[C@H]1CN(C(=O)OC(C)(C)C)CCN1C(=O)OC[C@H]1CCC[C@@H](c2cccc(F)c2)N1S(=O)(=O)c1ccc(F)cc1. The Balaban J connectivity index is 1.51. The number of benzene rings is 2. The number of sulfonamides is 1. The third kappa shape index (κ3) is 7.34. The first-order valence-corrected chi connectivity index (χ1v) is 15.2. The van der Waals surface area contributed by atoms with Gasteiger partial charge in [0, 0.05) is 19.6 Å². The van der Waals surface area contributed by atoms with Gasteiger partial charge in [-0.3, -0.25) is 0 Å². The summed E-state index contributed by atoms with van der Waals surface area (Å²) in [6.45, 7) is 7.69. The Hall–Kier alpha value is -3.25. The van der Waals surface area contributed by atoms with E-state index in [0.29, 0.717) is 24.8 Å². The lowest BCUT2D eigenvalue weighted by Gasteiger charge is -2.42. The number of carbonyl (C=O) groups is 2. The first-order valence-electron chi connectivity index (χ1n) is 13.7. The van der Waals surface area contributed by atoms with Crippen molar-refractivity contribution in [3.05, 3.63) is 65.7 Å². The van der Waals surface area contributed by atoms with E-state index >= 15 is 0 Å². The minimum absolute atomic E-state index is 0.106. The molecule has 2 aliphatic rings. The highest BCUT2D eigenvalue weighted by Crippen LogP contribution is 2.39. The smallest absolute Gasteiger partial charge is 0.410 e. The second-order valence-corrected chi connectivity index (χ2v) is 13.3. The zero-order chi connectivity index (χ0) is 29.9. The van der Waals surface area contributed by atoms with Crippen LogP contribution in [0.4, 0.5) is 18.4 Å². The lowest BCUT2D eigenvalue weighted by Crippen LogP contribution is -2.56. The van der Waals surface area contributed by atoms with Crippen LogP contribution in [0.15, 0.2) is 53.4 Å². The second kappa shape index (κ2) is 12.3. The summed E-state index contributed by atoms with van der Waals surface area (Å²) in [5.74, 6) is -1.06. The number of ether oxygens (including phenoxy) is 2. The van der Waals surface area contributed by atoms with Crippen LogP contribution >= 0.6 is 0 Å². The van der Waals surface area contributed by atoms with Gasteiger partial charge in [0.1, 0.15) is 23.8 Å². The van der Waals surface area contributed by atoms with E-state index in [-0.39, 0.29) is 37.2 Å². The fourth-order valence-electron chi connectivity index (χ4n) is 5.30. The summed E-state index contributed by atoms with van der Waals surface area (Å²) in [6, 6.07) is 8.53. The Morgan fingerprint density at radius 3 is 2.32 bits per heavy atom. The molecule has 2 heterocycles. The maximum atomic E-state index is 14.1. The number of halogens is 2. The van der Waals surface area contributed by atoms with Crippen LogP contribution in [0.1, 0.15) is 58.6 Å². The van der Waals surface area contributed by atoms with E-state index in [1.54, 1.807) is 38.7 Å². The molecule has 2 aromatic carbocycles. The van der Waals surface area contributed by atoms with Crippen LogP contribution in [0.25, 0.3) is 0 Å². The van der Waals surface area contributed by atoms with Gasteiger partial charge >= 0.3 is 12.2 Å². The topological polar surface area (TPSA) is 96.5 Å². The monoisotopic (exact) mass is 593 g/mol. The fourth-order valence-corrected chi connectivity index (χ4v) is 7.15. The summed E-state index contributed by atoms with van der Waals surface area (Å²) >= 11 is 0. The van der Waals surface area contributed by atoms with E-state index in [2.05, 4.69) is 0 Å². The van der Waals surface area contributed by atoms with Gasteiger partial charge in [-0.2, -0.15) is 4.31 Å². The molecule has 4 rings (SSSR count). The molecule has 2 saturated heterocycles. The largest absolute Gasteiger partial charge is 0.448 e. The van der Waals surface area contributed by atoms with Crippen LogP contribution in [-0.4, -0.2) is 78.6 Å². The normalized spacial score (nSPS) is 22.3. The number of nitrogens with zero attached hydrogens (tertiary/aromatic N) is 3. The quantitative estimate of drug-likeness (QED) is 0.465. The Bertz CT molecular complexity index is 1350. The van der Waals surface area contributed by atoms with Crippen molar-refractivity contribution in [3.8, 4) is 0 Å². The zero-order valence-corrected chi connectivity index (χ0v) is 24.6. The molecule has 0 saturated carbocycles. The molecular weight excluding hydrogens is 556 g/mol. The van der Waals surface area contributed by atoms with Gasteiger partial charge in [-0.05, 0) is 88.9 Å². The molecule has 0 spiro atoms. The molecule has 0 aliphatic carbocycles. The molecule has 3 atom stereocenters. The van der Waals surface area contributed by atoms with Crippen molar-refractivity contribution < 1.29 is 36.3 Å². The van der Waals surface area contributed by atoms with Gasteiger partial charge in [-0.15, -0.1) is 0 Å². The molecule has 2 fully saturated rings. The van der Waals surface area contributed by atoms with Gasteiger partial charge in [-0.1, -0.05) is 12.1 Å². The lowest BCUT2D eigenvalue weighted by atomic mass is 9.93. The summed E-state index contributed by atoms with van der Waals surface area (Å²) in [7, 11) is -4.17. The third-order valence-corrected chi connectivity index (χ3v) is 9.19. The van der Waals surface area contributed by atoms with Gasteiger partial charge in [0.05, 0.1) is 23.0 Å². The Labute approximate surface area is 240 Å². The second-order valence-electron chi connectivity index (χ2n) is 11.5. The molecule has 224 valence electrons. The average Bonchev–Trinajstić information content (AvgIpc) is 2.90.